The van der Waals surface area contributed by atoms with Gasteiger partial charge in [-0.1, -0.05) is 80.6 Å². The number of aliphatic hydroxyl groups excluding tert-OH is 1. The second-order valence-corrected chi connectivity index (χ2v) is 10.8. The summed E-state index contributed by atoms with van der Waals surface area (Å²) in [5.74, 6) is -1.00. The number of aliphatic hydroxyl groups is 1. The number of rotatable bonds is 12. The third kappa shape index (κ3) is 8.91. The van der Waals surface area contributed by atoms with E-state index in [1.807, 2.05) is 86.6 Å². The van der Waals surface area contributed by atoms with Crippen molar-refractivity contribution in [3.05, 3.63) is 101 Å². The summed E-state index contributed by atoms with van der Waals surface area (Å²) in [6.45, 7) is 3.89. The van der Waals surface area contributed by atoms with Crippen molar-refractivity contribution < 1.29 is 29.0 Å². The average molecular weight is 559 g/mol. The van der Waals surface area contributed by atoms with Crippen molar-refractivity contribution in [1.29, 1.82) is 0 Å². The van der Waals surface area contributed by atoms with Crippen molar-refractivity contribution in [2.24, 2.45) is 5.92 Å². The molecule has 8 heteroatoms. The fraction of sp³-hybridized carbons (Fsp3) is 0.364. The summed E-state index contributed by atoms with van der Waals surface area (Å²) in [6, 6.07) is 22.6. The average Bonchev–Trinajstić information content (AvgIpc) is 3.44. The van der Waals surface area contributed by atoms with Gasteiger partial charge in [0.05, 0.1) is 6.54 Å². The second kappa shape index (κ2) is 14.5. The van der Waals surface area contributed by atoms with Gasteiger partial charge in [-0.25, -0.2) is 14.4 Å². The number of nitrogens with one attached hydrogen (secondary N) is 1. The minimum Gasteiger partial charge on any atom is -0.459 e. The zero-order valence-electron chi connectivity index (χ0n) is 23.6. The van der Waals surface area contributed by atoms with Crippen LogP contribution < -0.4 is 10.1 Å². The van der Waals surface area contributed by atoms with E-state index >= 15 is 0 Å². The van der Waals surface area contributed by atoms with Gasteiger partial charge < -0.3 is 24.8 Å². The molecule has 0 aromatic heterocycles. The van der Waals surface area contributed by atoms with Crippen molar-refractivity contribution in [3.63, 3.8) is 0 Å². The van der Waals surface area contributed by atoms with Crippen LogP contribution in [-0.2, 0) is 40.2 Å². The highest BCUT2D eigenvalue weighted by Crippen LogP contribution is 2.26. The predicted octanol–water partition coefficient (Wildman–Crippen LogP) is 4.46. The monoisotopic (exact) mass is 558 g/mol. The first-order valence-electron chi connectivity index (χ1n) is 14.1. The van der Waals surface area contributed by atoms with Crippen molar-refractivity contribution >= 4 is 18.0 Å². The standard InChI is InChI=1S/C33H38N2O6/c1-23(2)20-35(21-30(36)32(38)41-28-17-16-26-14-9-15-27(26)19-28)33(39)34-29(18-24-10-5-3-6-11-24)31(37)40-22-25-12-7-4-8-13-25/h3-8,10-13,16-17,19,23,29-30,36H,9,14-15,18,20-22H2,1-2H3,(H,34,39)/t29-,30?/m0/s1. The smallest absolute Gasteiger partial charge is 0.342 e. The molecular formula is C33H38N2O6. The van der Waals surface area contributed by atoms with Gasteiger partial charge in [0.25, 0.3) is 0 Å². The van der Waals surface area contributed by atoms with E-state index in [0.29, 0.717) is 5.75 Å². The normalized spacial score (nSPS) is 13.7. The van der Waals surface area contributed by atoms with Gasteiger partial charge in [-0.3, -0.25) is 0 Å². The number of urea groups is 1. The van der Waals surface area contributed by atoms with Crippen molar-refractivity contribution in [1.82, 2.24) is 10.2 Å². The van der Waals surface area contributed by atoms with Crippen molar-refractivity contribution in [2.75, 3.05) is 13.1 Å². The molecule has 0 heterocycles. The number of esters is 2. The number of aryl methyl sites for hydroxylation is 2. The Kier molecular flexibility index (Phi) is 10.5. The van der Waals surface area contributed by atoms with Crippen LogP contribution >= 0.6 is 0 Å². The van der Waals surface area contributed by atoms with Gasteiger partial charge in [0.2, 0.25) is 0 Å². The Morgan fingerprint density at radius 2 is 1.51 bits per heavy atom. The van der Waals surface area contributed by atoms with E-state index in [4.69, 9.17) is 9.47 Å². The fourth-order valence-electron chi connectivity index (χ4n) is 4.87. The molecule has 1 unspecified atom stereocenters. The number of carbonyl (C=O) groups excluding carboxylic acids is 3. The predicted molar refractivity (Wildman–Crippen MR) is 155 cm³/mol. The van der Waals surface area contributed by atoms with Crippen LogP contribution in [0.3, 0.4) is 0 Å². The van der Waals surface area contributed by atoms with E-state index in [0.717, 1.165) is 36.0 Å². The molecule has 4 rings (SSSR count). The third-order valence-electron chi connectivity index (χ3n) is 6.92. The van der Waals surface area contributed by atoms with E-state index in [9.17, 15) is 19.5 Å². The quantitative estimate of drug-likeness (QED) is 0.251. The number of fused-ring (bicyclic) bond motifs is 1. The highest BCUT2D eigenvalue weighted by molar-refractivity contribution is 5.84. The number of benzene rings is 3. The van der Waals surface area contributed by atoms with Gasteiger partial charge >= 0.3 is 18.0 Å². The first-order valence-corrected chi connectivity index (χ1v) is 14.1. The minimum atomic E-state index is -1.56. The van der Waals surface area contributed by atoms with Gasteiger partial charge in [-0.15, -0.1) is 0 Å². The van der Waals surface area contributed by atoms with Crippen LogP contribution in [0.25, 0.3) is 0 Å². The maximum atomic E-state index is 13.4. The summed E-state index contributed by atoms with van der Waals surface area (Å²) < 4.78 is 11.0. The molecule has 0 saturated heterocycles. The molecule has 3 aromatic carbocycles. The van der Waals surface area contributed by atoms with Crippen LogP contribution in [0.5, 0.6) is 5.75 Å². The number of nitrogens with zero attached hydrogens (tertiary/aromatic N) is 1. The van der Waals surface area contributed by atoms with Gasteiger partial charge in [0.15, 0.2) is 6.10 Å². The van der Waals surface area contributed by atoms with Crippen LogP contribution in [0.15, 0.2) is 78.9 Å². The topological polar surface area (TPSA) is 105 Å². The van der Waals surface area contributed by atoms with E-state index < -0.39 is 30.1 Å². The highest BCUT2D eigenvalue weighted by atomic mass is 16.5. The molecule has 1 aliphatic rings. The summed E-state index contributed by atoms with van der Waals surface area (Å²) in [4.78, 5) is 40.7. The first kappa shape index (κ1) is 29.8. The van der Waals surface area contributed by atoms with Crippen LogP contribution in [-0.4, -0.2) is 53.2 Å². The number of amides is 2. The molecule has 0 aliphatic heterocycles. The highest BCUT2D eigenvalue weighted by Gasteiger charge is 2.29. The summed E-state index contributed by atoms with van der Waals surface area (Å²) in [7, 11) is 0. The molecule has 8 nitrogen and oxygen atoms in total. The molecule has 2 atom stereocenters. The fourth-order valence-corrected chi connectivity index (χ4v) is 4.87. The molecular weight excluding hydrogens is 520 g/mol. The maximum Gasteiger partial charge on any atom is 0.342 e. The van der Waals surface area contributed by atoms with Crippen molar-refractivity contribution in [3.8, 4) is 5.75 Å². The summed E-state index contributed by atoms with van der Waals surface area (Å²) in [5.41, 5.74) is 4.08. The molecule has 3 aromatic rings. The van der Waals surface area contributed by atoms with Crippen molar-refractivity contribution in [2.45, 2.75) is 58.3 Å². The number of hydrogen-bond donors (Lipinski definition) is 2. The Morgan fingerprint density at radius 1 is 0.854 bits per heavy atom. The Hall–Kier alpha value is -4.17. The summed E-state index contributed by atoms with van der Waals surface area (Å²) in [6.07, 6.45) is 1.67. The number of carbonyl (C=O) groups is 3. The minimum absolute atomic E-state index is 0.0401. The Bertz CT molecular complexity index is 1310. The van der Waals surface area contributed by atoms with Crippen LogP contribution in [0, 0.1) is 5.92 Å². The molecule has 0 saturated carbocycles. The van der Waals surface area contributed by atoms with Crippen LogP contribution in [0.4, 0.5) is 4.79 Å². The van der Waals surface area contributed by atoms with E-state index in [1.165, 1.54) is 10.5 Å². The molecule has 0 bridgehead atoms. The molecule has 41 heavy (non-hydrogen) atoms. The van der Waals surface area contributed by atoms with Gasteiger partial charge in [0, 0.05) is 13.0 Å². The Balaban J connectivity index is 1.42. The molecule has 216 valence electrons. The lowest BCUT2D eigenvalue weighted by atomic mass is 10.1. The lowest BCUT2D eigenvalue weighted by Crippen LogP contribution is -2.52. The molecule has 0 fully saturated rings. The largest absolute Gasteiger partial charge is 0.459 e. The Morgan fingerprint density at radius 3 is 2.20 bits per heavy atom. The summed E-state index contributed by atoms with van der Waals surface area (Å²) in [5, 5.41) is 13.5. The second-order valence-electron chi connectivity index (χ2n) is 10.8. The molecule has 0 radical (unpaired) electrons. The van der Waals surface area contributed by atoms with Crippen LogP contribution in [0.2, 0.25) is 0 Å². The van der Waals surface area contributed by atoms with Gasteiger partial charge in [-0.05, 0) is 59.6 Å². The lowest BCUT2D eigenvalue weighted by molar-refractivity contribution is -0.147. The molecule has 0 spiro atoms. The number of ether oxygens (including phenoxy) is 2. The number of hydrogen-bond acceptors (Lipinski definition) is 6. The first-order chi connectivity index (χ1) is 19.8. The van der Waals surface area contributed by atoms with Gasteiger partial charge in [0.1, 0.15) is 18.4 Å². The lowest BCUT2D eigenvalue weighted by Gasteiger charge is -2.28. The molecule has 2 amide bonds. The van der Waals surface area contributed by atoms with E-state index in [1.54, 1.807) is 6.07 Å². The summed E-state index contributed by atoms with van der Waals surface area (Å²) >= 11 is 0. The van der Waals surface area contributed by atoms with Crippen LogP contribution in [0.1, 0.15) is 42.5 Å². The molecule has 1 aliphatic carbocycles. The zero-order valence-corrected chi connectivity index (χ0v) is 23.6. The maximum absolute atomic E-state index is 13.4. The van der Waals surface area contributed by atoms with E-state index in [2.05, 4.69) is 5.32 Å². The molecule has 2 N–H and O–H groups in total. The SMILES string of the molecule is CC(C)CN(CC(O)C(=O)Oc1ccc2c(c1)CCC2)C(=O)N[C@@H](Cc1ccccc1)C(=O)OCc1ccccc1. The third-order valence-corrected chi connectivity index (χ3v) is 6.92. The van der Waals surface area contributed by atoms with Gasteiger partial charge in [-0.2, -0.15) is 0 Å². The zero-order chi connectivity index (χ0) is 29.2. The van der Waals surface area contributed by atoms with E-state index in [-0.39, 0.29) is 32.0 Å². The Labute approximate surface area is 241 Å².